The van der Waals surface area contributed by atoms with Gasteiger partial charge in [0.1, 0.15) is 6.10 Å². The Balaban J connectivity index is 2.42. The molecule has 0 bridgehead atoms. The Kier molecular flexibility index (Phi) is 4.72. The van der Waals surface area contributed by atoms with Crippen LogP contribution in [0.25, 0.3) is 0 Å². The highest BCUT2D eigenvalue weighted by Gasteiger charge is 2.17. The molecule has 0 aliphatic heterocycles. The third-order valence-electron chi connectivity index (χ3n) is 2.19. The lowest BCUT2D eigenvalue weighted by Crippen LogP contribution is -1.98. The zero-order valence-electron chi connectivity index (χ0n) is 8.25. The van der Waals surface area contributed by atoms with E-state index in [1.165, 1.54) is 11.3 Å². The number of rotatable bonds is 2. The molecule has 0 aliphatic rings. The summed E-state index contributed by atoms with van der Waals surface area (Å²) < 4.78 is 2.63. The fourth-order valence-electron chi connectivity index (χ4n) is 1.38. The molecule has 2 rings (SSSR count). The van der Waals surface area contributed by atoms with Gasteiger partial charge in [-0.3, -0.25) is 0 Å². The number of benzene rings is 1. The molecule has 1 aromatic heterocycles. The second kappa shape index (κ2) is 5.72. The lowest BCUT2D eigenvalue weighted by atomic mass is 10.1. The topological polar surface area (TPSA) is 20.2 Å². The average Bonchev–Trinajstić information content (AvgIpc) is 2.62. The standard InChI is InChI=1S/C11H6Br3ClOS/c12-5-1-2-7(13)6(3-5)10(16)9-4-8(15)11(14)17-9/h1-4,10,16H. The minimum absolute atomic E-state index is 0.621. The molecule has 90 valence electrons. The molecule has 1 unspecified atom stereocenters. The number of halogens is 4. The molecule has 1 atom stereocenters. The van der Waals surface area contributed by atoms with Crippen LogP contribution in [0.15, 0.2) is 37.0 Å². The largest absolute Gasteiger partial charge is 0.383 e. The number of aliphatic hydroxyl groups excluding tert-OH is 1. The lowest BCUT2D eigenvalue weighted by Gasteiger charge is -2.11. The summed E-state index contributed by atoms with van der Waals surface area (Å²) in [5.41, 5.74) is 0.810. The molecule has 0 saturated heterocycles. The van der Waals surface area contributed by atoms with Crippen LogP contribution in [-0.2, 0) is 0 Å². The first kappa shape index (κ1) is 14.0. The van der Waals surface area contributed by atoms with E-state index in [1.807, 2.05) is 18.2 Å². The normalized spacial score (nSPS) is 12.8. The van der Waals surface area contributed by atoms with E-state index in [-0.39, 0.29) is 0 Å². The lowest BCUT2D eigenvalue weighted by molar-refractivity contribution is 0.223. The van der Waals surface area contributed by atoms with Gasteiger partial charge >= 0.3 is 0 Å². The first-order valence-corrected chi connectivity index (χ1v) is 8.14. The van der Waals surface area contributed by atoms with Crippen LogP contribution in [0.2, 0.25) is 5.02 Å². The van der Waals surface area contributed by atoms with E-state index < -0.39 is 6.10 Å². The predicted octanol–water partition coefficient (Wildman–Crippen LogP) is 5.77. The smallest absolute Gasteiger partial charge is 0.114 e. The van der Waals surface area contributed by atoms with Crippen LogP contribution in [0.4, 0.5) is 0 Å². The van der Waals surface area contributed by atoms with Gasteiger partial charge in [0, 0.05) is 19.4 Å². The molecule has 0 spiro atoms. The maximum atomic E-state index is 10.3. The number of thiophene rings is 1. The Labute approximate surface area is 133 Å². The highest BCUT2D eigenvalue weighted by molar-refractivity contribution is 9.11. The molecule has 17 heavy (non-hydrogen) atoms. The van der Waals surface area contributed by atoms with E-state index in [0.717, 1.165) is 23.2 Å². The van der Waals surface area contributed by atoms with Gasteiger partial charge in [0.05, 0.1) is 8.81 Å². The first-order chi connectivity index (χ1) is 7.99. The molecular formula is C11H6Br3ClOS. The van der Waals surface area contributed by atoms with Crippen molar-refractivity contribution in [2.45, 2.75) is 6.10 Å². The minimum Gasteiger partial charge on any atom is -0.383 e. The van der Waals surface area contributed by atoms with Crippen molar-refractivity contribution in [3.05, 3.63) is 52.5 Å². The summed E-state index contributed by atoms with van der Waals surface area (Å²) in [7, 11) is 0. The van der Waals surface area contributed by atoms with Crippen LogP contribution < -0.4 is 0 Å². The molecular weight excluding hydrogens is 455 g/mol. The van der Waals surface area contributed by atoms with Gasteiger partial charge in [-0.1, -0.05) is 43.5 Å². The van der Waals surface area contributed by atoms with Crippen molar-refractivity contribution in [2.24, 2.45) is 0 Å². The fourth-order valence-corrected chi connectivity index (χ4v) is 3.97. The summed E-state index contributed by atoms with van der Waals surface area (Å²) in [5.74, 6) is 0. The Bertz CT molecular complexity index is 536. The maximum absolute atomic E-state index is 10.3. The van der Waals surface area contributed by atoms with Gasteiger partial charge in [0.15, 0.2) is 0 Å². The molecule has 2 aromatic rings. The van der Waals surface area contributed by atoms with Gasteiger partial charge in [0.2, 0.25) is 0 Å². The summed E-state index contributed by atoms with van der Waals surface area (Å²) in [6, 6.07) is 7.47. The summed E-state index contributed by atoms with van der Waals surface area (Å²) in [6.07, 6.45) is -0.685. The summed E-state index contributed by atoms with van der Waals surface area (Å²) >= 11 is 17.6. The number of aliphatic hydroxyl groups is 1. The van der Waals surface area contributed by atoms with Gasteiger partial charge in [-0.25, -0.2) is 0 Å². The summed E-state index contributed by atoms with van der Waals surface area (Å²) in [4.78, 5) is 0.806. The number of hydrogen-bond donors (Lipinski definition) is 1. The van der Waals surface area contributed by atoms with Gasteiger partial charge in [-0.05, 0) is 40.2 Å². The molecule has 1 aromatic carbocycles. The van der Waals surface area contributed by atoms with E-state index in [0.29, 0.717) is 5.02 Å². The molecule has 1 nitrogen and oxygen atoms in total. The van der Waals surface area contributed by atoms with Crippen molar-refractivity contribution in [1.82, 2.24) is 0 Å². The molecule has 1 N–H and O–H groups in total. The predicted molar refractivity (Wildman–Crippen MR) is 82.9 cm³/mol. The van der Waals surface area contributed by atoms with Crippen molar-refractivity contribution in [2.75, 3.05) is 0 Å². The Hall–Kier alpha value is 0.610. The third-order valence-corrected chi connectivity index (χ3v) is 5.93. The third kappa shape index (κ3) is 3.14. The van der Waals surface area contributed by atoms with Crippen molar-refractivity contribution >= 4 is 70.7 Å². The van der Waals surface area contributed by atoms with Crippen LogP contribution in [0.3, 0.4) is 0 Å². The van der Waals surface area contributed by atoms with E-state index in [1.54, 1.807) is 6.07 Å². The monoisotopic (exact) mass is 458 g/mol. The molecule has 0 amide bonds. The molecule has 1 heterocycles. The van der Waals surface area contributed by atoms with Gasteiger partial charge < -0.3 is 5.11 Å². The van der Waals surface area contributed by atoms with E-state index in [4.69, 9.17) is 11.6 Å². The maximum Gasteiger partial charge on any atom is 0.114 e. The van der Waals surface area contributed by atoms with Crippen LogP contribution in [-0.4, -0.2) is 5.11 Å². The zero-order valence-corrected chi connectivity index (χ0v) is 14.6. The second-order valence-electron chi connectivity index (χ2n) is 3.34. The fraction of sp³-hybridized carbons (Fsp3) is 0.0909. The summed E-state index contributed by atoms with van der Waals surface area (Å²) in [5, 5.41) is 10.9. The Morgan fingerprint density at radius 3 is 2.47 bits per heavy atom. The Morgan fingerprint density at radius 1 is 1.18 bits per heavy atom. The quantitative estimate of drug-likeness (QED) is 0.602. The van der Waals surface area contributed by atoms with E-state index >= 15 is 0 Å². The molecule has 0 radical (unpaired) electrons. The highest BCUT2D eigenvalue weighted by Crippen LogP contribution is 2.39. The second-order valence-corrected chi connectivity index (χ2v) is 7.92. The van der Waals surface area contributed by atoms with Crippen LogP contribution in [0.5, 0.6) is 0 Å². The highest BCUT2D eigenvalue weighted by atomic mass is 79.9. The molecule has 6 heteroatoms. The van der Waals surface area contributed by atoms with Gasteiger partial charge in [-0.15, -0.1) is 11.3 Å². The van der Waals surface area contributed by atoms with Crippen LogP contribution >= 0.6 is 70.7 Å². The molecule has 0 fully saturated rings. The van der Waals surface area contributed by atoms with E-state index in [9.17, 15) is 5.11 Å². The van der Waals surface area contributed by atoms with E-state index in [2.05, 4.69) is 47.8 Å². The first-order valence-electron chi connectivity index (χ1n) is 4.57. The zero-order chi connectivity index (χ0) is 12.6. The van der Waals surface area contributed by atoms with Crippen LogP contribution in [0, 0.1) is 0 Å². The molecule has 0 aliphatic carbocycles. The minimum atomic E-state index is -0.685. The SMILES string of the molecule is OC(c1cc(Cl)c(Br)s1)c1cc(Br)ccc1Br. The average molecular weight is 461 g/mol. The van der Waals surface area contributed by atoms with Crippen molar-refractivity contribution in [3.63, 3.8) is 0 Å². The van der Waals surface area contributed by atoms with Gasteiger partial charge in [0.25, 0.3) is 0 Å². The number of hydrogen-bond acceptors (Lipinski definition) is 2. The van der Waals surface area contributed by atoms with Crippen molar-refractivity contribution in [1.29, 1.82) is 0 Å². The van der Waals surface area contributed by atoms with Crippen molar-refractivity contribution < 1.29 is 5.11 Å². The van der Waals surface area contributed by atoms with Crippen molar-refractivity contribution in [3.8, 4) is 0 Å². The van der Waals surface area contributed by atoms with Crippen LogP contribution in [0.1, 0.15) is 16.5 Å². The van der Waals surface area contributed by atoms with Gasteiger partial charge in [-0.2, -0.15) is 0 Å². The Morgan fingerprint density at radius 2 is 1.88 bits per heavy atom. The summed E-state index contributed by atoms with van der Waals surface area (Å²) in [6.45, 7) is 0. The molecule has 0 saturated carbocycles.